The number of carbonyl (C=O) groups is 2. The highest BCUT2D eigenvalue weighted by Crippen LogP contribution is 2.33. The van der Waals surface area contributed by atoms with Crippen LogP contribution in [-0.2, 0) is 4.79 Å². The van der Waals surface area contributed by atoms with Crippen molar-refractivity contribution in [3.8, 4) is 17.1 Å². The average Bonchev–Trinajstić information content (AvgIpc) is 2.82. The van der Waals surface area contributed by atoms with Gasteiger partial charge in [0.15, 0.2) is 16.9 Å². The molecule has 2 amide bonds. The Morgan fingerprint density at radius 3 is 2.44 bits per heavy atom. The van der Waals surface area contributed by atoms with Crippen molar-refractivity contribution in [3.05, 3.63) is 86.3 Å². The maximum Gasteiger partial charge on any atom is 0.271 e. The minimum Gasteiger partial charge on any atom is -0.483 e. The van der Waals surface area contributed by atoms with E-state index in [9.17, 15) is 14.4 Å². The molecule has 0 radical (unpaired) electrons. The predicted molar refractivity (Wildman–Crippen MR) is 139 cm³/mol. The highest BCUT2D eigenvalue weighted by atomic mass is 35.5. The second-order valence-corrected chi connectivity index (χ2v) is 8.87. The Hall–Kier alpha value is -4.17. The molecule has 4 rings (SSSR count). The molecular weight excluding hydrogens is 482 g/mol. The summed E-state index contributed by atoms with van der Waals surface area (Å²) < 4.78 is 12.4. The fourth-order valence-electron chi connectivity index (χ4n) is 4.00. The van der Waals surface area contributed by atoms with Crippen molar-refractivity contribution < 1.29 is 18.7 Å². The molecule has 0 aliphatic carbocycles. The van der Waals surface area contributed by atoms with Crippen molar-refractivity contribution in [1.29, 1.82) is 0 Å². The van der Waals surface area contributed by atoms with Gasteiger partial charge in [-0.2, -0.15) is 0 Å². The van der Waals surface area contributed by atoms with Crippen molar-refractivity contribution in [3.63, 3.8) is 0 Å². The number of nitrogens with one attached hydrogen (secondary N) is 1. The van der Waals surface area contributed by atoms with E-state index in [0.717, 1.165) is 5.56 Å². The molecule has 1 unspecified atom stereocenters. The van der Waals surface area contributed by atoms with Gasteiger partial charge in [0.2, 0.25) is 5.91 Å². The summed E-state index contributed by atoms with van der Waals surface area (Å²) in [7, 11) is 0. The van der Waals surface area contributed by atoms with E-state index in [2.05, 4.69) is 10.3 Å². The van der Waals surface area contributed by atoms with E-state index in [1.165, 1.54) is 19.1 Å². The van der Waals surface area contributed by atoms with Gasteiger partial charge in [0.25, 0.3) is 5.91 Å². The quantitative estimate of drug-likeness (QED) is 0.341. The minimum atomic E-state index is -0.777. The lowest BCUT2D eigenvalue weighted by molar-refractivity contribution is -0.114. The van der Waals surface area contributed by atoms with Crippen LogP contribution >= 0.6 is 11.6 Å². The second-order valence-electron chi connectivity index (χ2n) is 8.48. The molecule has 9 heteroatoms. The van der Waals surface area contributed by atoms with E-state index in [0.29, 0.717) is 39.1 Å². The third-order valence-electron chi connectivity index (χ3n) is 5.66. The van der Waals surface area contributed by atoms with Crippen LogP contribution in [0.2, 0.25) is 5.15 Å². The average molecular weight is 506 g/mol. The van der Waals surface area contributed by atoms with Crippen molar-refractivity contribution in [2.45, 2.75) is 33.8 Å². The van der Waals surface area contributed by atoms with Crippen LogP contribution in [0.4, 0.5) is 5.69 Å². The molecule has 3 N–H and O–H groups in total. The number of pyridine rings is 1. The summed E-state index contributed by atoms with van der Waals surface area (Å²) in [4.78, 5) is 40.5. The Morgan fingerprint density at radius 1 is 1.11 bits per heavy atom. The van der Waals surface area contributed by atoms with Crippen LogP contribution in [-0.4, -0.2) is 16.8 Å². The van der Waals surface area contributed by atoms with E-state index in [1.807, 2.05) is 13.0 Å². The lowest BCUT2D eigenvalue weighted by atomic mass is 10.00. The zero-order valence-electron chi connectivity index (χ0n) is 20.1. The van der Waals surface area contributed by atoms with Gasteiger partial charge in [0, 0.05) is 29.3 Å². The van der Waals surface area contributed by atoms with Crippen LogP contribution in [0, 0.1) is 13.8 Å². The van der Waals surface area contributed by atoms with Gasteiger partial charge >= 0.3 is 0 Å². The van der Waals surface area contributed by atoms with Crippen LogP contribution in [0.25, 0.3) is 22.3 Å². The largest absolute Gasteiger partial charge is 0.483 e. The monoisotopic (exact) mass is 505 g/mol. The highest BCUT2D eigenvalue weighted by Gasteiger charge is 2.22. The van der Waals surface area contributed by atoms with Crippen LogP contribution < -0.4 is 21.2 Å². The van der Waals surface area contributed by atoms with Crippen LogP contribution in [0.5, 0.6) is 5.75 Å². The third-order valence-corrected chi connectivity index (χ3v) is 5.87. The number of fused-ring (bicyclic) bond motifs is 1. The fourth-order valence-corrected chi connectivity index (χ4v) is 4.15. The number of primary amides is 1. The van der Waals surface area contributed by atoms with Gasteiger partial charge in [-0.1, -0.05) is 11.6 Å². The standard InChI is InChI=1S/C27H24ClN3O5/c1-13-11-19(15(3)35-21-9-10-22(28)31-23(21)27(29)34)26-20(12-13)24(33)14(2)25(36-26)17-5-7-18(8-6-17)30-16(4)32/h5-12,15H,1-4H3,(H2,29,34)(H,30,32). The molecule has 2 aromatic heterocycles. The Balaban J connectivity index is 1.83. The third kappa shape index (κ3) is 4.94. The zero-order valence-corrected chi connectivity index (χ0v) is 20.9. The summed E-state index contributed by atoms with van der Waals surface area (Å²) in [5.74, 6) is -0.385. The molecule has 184 valence electrons. The zero-order chi connectivity index (χ0) is 26.1. The number of aryl methyl sites for hydroxylation is 1. The number of aromatic nitrogens is 1. The first kappa shape index (κ1) is 24.9. The second kappa shape index (κ2) is 9.83. The molecule has 0 fully saturated rings. The smallest absolute Gasteiger partial charge is 0.271 e. The molecule has 0 saturated carbocycles. The first-order valence-corrected chi connectivity index (χ1v) is 11.5. The maximum atomic E-state index is 13.4. The van der Waals surface area contributed by atoms with Crippen LogP contribution in [0.15, 0.2) is 57.7 Å². The Bertz CT molecular complexity index is 1560. The molecule has 4 aromatic rings. The van der Waals surface area contributed by atoms with Crippen molar-refractivity contribution in [2.75, 3.05) is 5.32 Å². The van der Waals surface area contributed by atoms with E-state index in [1.54, 1.807) is 44.2 Å². The van der Waals surface area contributed by atoms with E-state index in [-0.39, 0.29) is 27.9 Å². The lowest BCUT2D eigenvalue weighted by Gasteiger charge is -2.19. The normalized spacial score (nSPS) is 11.8. The summed E-state index contributed by atoms with van der Waals surface area (Å²) >= 11 is 5.91. The number of halogens is 1. The van der Waals surface area contributed by atoms with Gasteiger partial charge in [0.05, 0.1) is 5.39 Å². The summed E-state index contributed by atoms with van der Waals surface area (Å²) in [6.45, 7) is 6.79. The molecule has 0 spiro atoms. The summed E-state index contributed by atoms with van der Waals surface area (Å²) in [6, 6.07) is 13.7. The lowest BCUT2D eigenvalue weighted by Crippen LogP contribution is -2.17. The Kier molecular flexibility index (Phi) is 6.81. The van der Waals surface area contributed by atoms with Crippen molar-refractivity contribution in [2.24, 2.45) is 5.73 Å². The number of amides is 2. The Labute approximate surface area is 212 Å². The van der Waals surface area contributed by atoms with Gasteiger partial charge in [-0.3, -0.25) is 14.4 Å². The number of hydrogen-bond acceptors (Lipinski definition) is 6. The van der Waals surface area contributed by atoms with E-state index >= 15 is 0 Å². The number of rotatable bonds is 6. The van der Waals surface area contributed by atoms with Gasteiger partial charge in [-0.05, 0) is 74.9 Å². The molecule has 8 nitrogen and oxygen atoms in total. The number of nitrogens with zero attached hydrogens (tertiary/aromatic N) is 1. The number of anilines is 1. The number of benzene rings is 2. The predicted octanol–water partition coefficient (Wildman–Crippen LogP) is 5.32. The van der Waals surface area contributed by atoms with Crippen molar-refractivity contribution in [1.82, 2.24) is 4.98 Å². The molecule has 0 bridgehead atoms. The van der Waals surface area contributed by atoms with E-state index < -0.39 is 12.0 Å². The van der Waals surface area contributed by atoms with Crippen LogP contribution in [0.1, 0.15) is 47.1 Å². The van der Waals surface area contributed by atoms with Gasteiger partial charge < -0.3 is 20.2 Å². The van der Waals surface area contributed by atoms with Gasteiger partial charge in [-0.15, -0.1) is 0 Å². The van der Waals surface area contributed by atoms with E-state index in [4.69, 9.17) is 26.5 Å². The number of ether oxygens (including phenoxy) is 1. The molecular formula is C27H24ClN3O5. The SMILES string of the molecule is CC(=O)Nc1ccc(-c2oc3c(C(C)Oc4ccc(Cl)nc4C(N)=O)cc(C)cc3c(=O)c2C)cc1. The maximum absolute atomic E-state index is 13.4. The van der Waals surface area contributed by atoms with Gasteiger partial charge in [0.1, 0.15) is 22.6 Å². The molecule has 36 heavy (non-hydrogen) atoms. The minimum absolute atomic E-state index is 0.0939. The molecule has 0 aliphatic heterocycles. The molecule has 2 heterocycles. The first-order chi connectivity index (χ1) is 17.0. The molecule has 1 atom stereocenters. The summed E-state index contributed by atoms with van der Waals surface area (Å²) in [5, 5.41) is 3.24. The van der Waals surface area contributed by atoms with Gasteiger partial charge in [-0.25, -0.2) is 4.98 Å². The number of carbonyl (C=O) groups excluding carboxylic acids is 2. The Morgan fingerprint density at radius 2 is 1.81 bits per heavy atom. The topological polar surface area (TPSA) is 125 Å². The molecule has 0 saturated heterocycles. The molecule has 0 aliphatic rings. The fraction of sp³-hybridized carbons (Fsp3) is 0.185. The summed E-state index contributed by atoms with van der Waals surface area (Å²) in [5.41, 5.74) is 8.78. The first-order valence-electron chi connectivity index (χ1n) is 11.1. The van der Waals surface area contributed by atoms with Crippen molar-refractivity contribution >= 4 is 40.1 Å². The number of nitrogens with two attached hydrogens (primary N) is 1. The highest BCUT2D eigenvalue weighted by molar-refractivity contribution is 6.29. The molecule has 2 aromatic carbocycles. The van der Waals surface area contributed by atoms with Crippen LogP contribution in [0.3, 0.4) is 0 Å². The number of hydrogen-bond donors (Lipinski definition) is 2. The summed E-state index contributed by atoms with van der Waals surface area (Å²) in [6.07, 6.45) is -0.630.